The number of nitrogens with one attached hydrogen (secondary N) is 1. The predicted molar refractivity (Wildman–Crippen MR) is 74.9 cm³/mol. The van der Waals surface area contributed by atoms with E-state index in [2.05, 4.69) is 21.2 Å². The van der Waals surface area contributed by atoms with Gasteiger partial charge in [0, 0.05) is 4.88 Å². The third-order valence-electron chi connectivity index (χ3n) is 2.79. The van der Waals surface area contributed by atoms with Gasteiger partial charge in [-0.2, -0.15) is 0 Å². The standard InChI is InChI=1S/C12H16BrNO3S/c1-5-12(3,11(16)17-4)14-10(15)8-6-7(2)18-9(8)13/h6H,5H2,1-4H3,(H,14,15)/t12-/m1/s1. The lowest BCUT2D eigenvalue weighted by molar-refractivity contribution is -0.147. The van der Waals surface area contributed by atoms with Gasteiger partial charge in [-0.3, -0.25) is 4.79 Å². The lowest BCUT2D eigenvalue weighted by Crippen LogP contribution is -2.52. The van der Waals surface area contributed by atoms with Crippen LogP contribution in [-0.2, 0) is 9.53 Å². The predicted octanol–water partition coefficient (Wildman–Crippen LogP) is 2.89. The Labute approximate surface area is 119 Å². The van der Waals surface area contributed by atoms with E-state index in [9.17, 15) is 9.59 Å². The van der Waals surface area contributed by atoms with Crippen molar-refractivity contribution in [3.05, 3.63) is 20.3 Å². The molecule has 4 nitrogen and oxygen atoms in total. The molecule has 1 aromatic rings. The number of ether oxygens (including phenoxy) is 1. The second-order valence-electron chi connectivity index (χ2n) is 4.18. The van der Waals surface area contributed by atoms with Crippen LogP contribution >= 0.6 is 27.3 Å². The Balaban J connectivity index is 2.93. The van der Waals surface area contributed by atoms with Crippen molar-refractivity contribution >= 4 is 39.1 Å². The number of rotatable bonds is 4. The highest BCUT2D eigenvalue weighted by Gasteiger charge is 2.34. The van der Waals surface area contributed by atoms with Gasteiger partial charge in [-0.1, -0.05) is 6.92 Å². The zero-order valence-corrected chi connectivity index (χ0v) is 13.2. The summed E-state index contributed by atoms with van der Waals surface area (Å²) in [4.78, 5) is 24.8. The lowest BCUT2D eigenvalue weighted by Gasteiger charge is -2.26. The molecule has 1 rings (SSSR count). The number of esters is 1. The van der Waals surface area contributed by atoms with Gasteiger partial charge < -0.3 is 10.1 Å². The summed E-state index contributed by atoms with van der Waals surface area (Å²) in [7, 11) is 1.31. The zero-order chi connectivity index (χ0) is 13.9. The van der Waals surface area contributed by atoms with Crippen molar-refractivity contribution < 1.29 is 14.3 Å². The average molecular weight is 334 g/mol. The van der Waals surface area contributed by atoms with Gasteiger partial charge in [-0.15, -0.1) is 11.3 Å². The van der Waals surface area contributed by atoms with E-state index in [1.807, 2.05) is 13.8 Å². The Morgan fingerprint density at radius 1 is 1.56 bits per heavy atom. The largest absolute Gasteiger partial charge is 0.467 e. The van der Waals surface area contributed by atoms with Gasteiger partial charge in [-0.05, 0) is 42.3 Å². The highest BCUT2D eigenvalue weighted by atomic mass is 79.9. The summed E-state index contributed by atoms with van der Waals surface area (Å²) in [6.07, 6.45) is 0.464. The molecule has 0 aliphatic heterocycles. The maximum atomic E-state index is 12.1. The molecule has 0 bridgehead atoms. The molecule has 0 aliphatic rings. The van der Waals surface area contributed by atoms with Crippen LogP contribution < -0.4 is 5.32 Å². The number of aryl methyl sites for hydroxylation is 1. The molecule has 1 amide bonds. The van der Waals surface area contributed by atoms with Gasteiger partial charge in [0.2, 0.25) is 0 Å². The quantitative estimate of drug-likeness (QED) is 0.862. The van der Waals surface area contributed by atoms with Crippen molar-refractivity contribution in [2.24, 2.45) is 0 Å². The lowest BCUT2D eigenvalue weighted by atomic mass is 9.98. The van der Waals surface area contributed by atoms with E-state index in [0.29, 0.717) is 12.0 Å². The Bertz CT molecular complexity index is 472. The summed E-state index contributed by atoms with van der Waals surface area (Å²) in [5, 5.41) is 2.73. The second kappa shape index (κ2) is 5.84. The summed E-state index contributed by atoms with van der Waals surface area (Å²) in [5.74, 6) is -0.720. The summed E-state index contributed by atoms with van der Waals surface area (Å²) >= 11 is 4.83. The van der Waals surface area contributed by atoms with E-state index < -0.39 is 11.5 Å². The second-order valence-corrected chi connectivity index (χ2v) is 6.75. The van der Waals surface area contributed by atoms with Crippen molar-refractivity contribution in [1.29, 1.82) is 0 Å². The fourth-order valence-corrected chi connectivity index (χ4v) is 3.25. The molecule has 0 fully saturated rings. The molecule has 0 unspecified atom stereocenters. The topological polar surface area (TPSA) is 55.4 Å². The average Bonchev–Trinajstić information content (AvgIpc) is 2.67. The monoisotopic (exact) mass is 333 g/mol. The van der Waals surface area contributed by atoms with E-state index >= 15 is 0 Å². The number of amides is 1. The first-order chi connectivity index (χ1) is 8.34. The summed E-state index contributed by atoms with van der Waals surface area (Å²) in [5.41, 5.74) is -0.456. The first-order valence-electron chi connectivity index (χ1n) is 5.51. The third-order valence-corrected chi connectivity index (χ3v) is 4.54. The molecule has 1 N–H and O–H groups in total. The van der Waals surface area contributed by atoms with E-state index in [4.69, 9.17) is 4.74 Å². The van der Waals surface area contributed by atoms with E-state index in [-0.39, 0.29) is 5.91 Å². The number of thiophene rings is 1. The molecule has 1 heterocycles. The zero-order valence-electron chi connectivity index (χ0n) is 10.8. The van der Waals surface area contributed by atoms with Gasteiger partial charge in [0.05, 0.1) is 16.5 Å². The van der Waals surface area contributed by atoms with Crippen LogP contribution in [0.3, 0.4) is 0 Å². The number of hydrogen-bond donors (Lipinski definition) is 1. The minimum atomic E-state index is -0.999. The molecule has 0 saturated heterocycles. The van der Waals surface area contributed by atoms with Crippen molar-refractivity contribution in [1.82, 2.24) is 5.32 Å². The molecule has 0 aromatic carbocycles. The van der Waals surface area contributed by atoms with Gasteiger partial charge in [0.1, 0.15) is 5.54 Å². The Morgan fingerprint density at radius 2 is 2.17 bits per heavy atom. The van der Waals surface area contributed by atoms with Crippen LogP contribution in [0.5, 0.6) is 0 Å². The minimum Gasteiger partial charge on any atom is -0.467 e. The van der Waals surface area contributed by atoms with Gasteiger partial charge >= 0.3 is 5.97 Å². The van der Waals surface area contributed by atoms with Crippen LogP contribution in [0.15, 0.2) is 9.85 Å². The SMILES string of the molecule is CC[C@@](C)(NC(=O)c1cc(C)sc1Br)C(=O)OC. The number of halogens is 1. The fourth-order valence-electron chi connectivity index (χ4n) is 1.47. The first-order valence-corrected chi connectivity index (χ1v) is 7.12. The van der Waals surface area contributed by atoms with E-state index in [1.165, 1.54) is 18.4 Å². The number of methoxy groups -OCH3 is 1. The molecule has 0 spiro atoms. The van der Waals surface area contributed by atoms with E-state index in [1.54, 1.807) is 13.0 Å². The van der Waals surface area contributed by atoms with Gasteiger partial charge in [0.15, 0.2) is 0 Å². The van der Waals surface area contributed by atoms with Crippen LogP contribution in [0, 0.1) is 6.92 Å². The normalized spacial score (nSPS) is 13.8. The molecule has 6 heteroatoms. The Morgan fingerprint density at radius 3 is 2.56 bits per heavy atom. The number of hydrogen-bond acceptors (Lipinski definition) is 4. The van der Waals surface area contributed by atoms with Crippen LogP contribution in [-0.4, -0.2) is 24.5 Å². The maximum absolute atomic E-state index is 12.1. The maximum Gasteiger partial charge on any atom is 0.331 e. The van der Waals surface area contributed by atoms with Crippen molar-refractivity contribution in [2.45, 2.75) is 32.7 Å². The van der Waals surface area contributed by atoms with Crippen LogP contribution in [0.4, 0.5) is 0 Å². The Kier molecular flexibility index (Phi) is 4.92. The highest BCUT2D eigenvalue weighted by molar-refractivity contribution is 9.11. The summed E-state index contributed by atoms with van der Waals surface area (Å²) in [6.45, 7) is 5.40. The van der Waals surface area contributed by atoms with Crippen LogP contribution in [0.1, 0.15) is 35.5 Å². The van der Waals surface area contributed by atoms with E-state index in [0.717, 1.165) is 8.66 Å². The van der Waals surface area contributed by atoms with Gasteiger partial charge in [0.25, 0.3) is 5.91 Å². The molecule has 100 valence electrons. The fraction of sp³-hybridized carbons (Fsp3) is 0.500. The molecular weight excluding hydrogens is 318 g/mol. The smallest absolute Gasteiger partial charge is 0.331 e. The van der Waals surface area contributed by atoms with Crippen molar-refractivity contribution in [3.8, 4) is 0 Å². The Hall–Kier alpha value is -0.880. The number of carbonyl (C=O) groups is 2. The van der Waals surface area contributed by atoms with Crippen molar-refractivity contribution in [3.63, 3.8) is 0 Å². The van der Waals surface area contributed by atoms with Crippen LogP contribution in [0.25, 0.3) is 0 Å². The molecule has 0 radical (unpaired) electrons. The minimum absolute atomic E-state index is 0.277. The molecule has 18 heavy (non-hydrogen) atoms. The van der Waals surface area contributed by atoms with Crippen molar-refractivity contribution in [2.75, 3.05) is 7.11 Å². The highest BCUT2D eigenvalue weighted by Crippen LogP contribution is 2.28. The first kappa shape index (κ1) is 15.2. The molecule has 1 aromatic heterocycles. The third kappa shape index (κ3) is 3.11. The van der Waals surface area contributed by atoms with Crippen LogP contribution in [0.2, 0.25) is 0 Å². The molecule has 0 saturated carbocycles. The number of carbonyl (C=O) groups excluding carboxylic acids is 2. The van der Waals surface area contributed by atoms with Gasteiger partial charge in [-0.25, -0.2) is 4.79 Å². The summed E-state index contributed by atoms with van der Waals surface area (Å²) < 4.78 is 5.48. The molecular formula is C12H16BrNO3S. The molecule has 1 atom stereocenters. The summed E-state index contributed by atoms with van der Waals surface area (Å²) in [6, 6.07) is 1.79. The molecule has 0 aliphatic carbocycles.